The summed E-state index contributed by atoms with van der Waals surface area (Å²) in [7, 11) is -2.33. The number of methoxy groups -OCH3 is 1. The zero-order valence-corrected chi connectivity index (χ0v) is 11.7. The third kappa shape index (κ3) is 2.97. The number of hydrogen-bond donors (Lipinski definition) is 2. The zero-order valence-electron chi connectivity index (χ0n) is 10.9. The average Bonchev–Trinajstić information content (AvgIpc) is 2.92. The molecule has 2 rings (SSSR count). The fourth-order valence-corrected chi connectivity index (χ4v) is 2.84. The summed E-state index contributed by atoms with van der Waals surface area (Å²) in [6.45, 7) is 1.62. The van der Waals surface area contributed by atoms with E-state index in [9.17, 15) is 12.8 Å². The Labute approximate surface area is 116 Å². The number of ether oxygens (including phenoxy) is 1. The topological polar surface area (TPSA) is 84.1 Å². The molecular formula is C12H14FN3O3S. The van der Waals surface area contributed by atoms with Crippen molar-refractivity contribution >= 4 is 10.0 Å². The number of aromatic nitrogens is 2. The minimum Gasteiger partial charge on any atom is -0.494 e. The van der Waals surface area contributed by atoms with E-state index >= 15 is 0 Å². The van der Waals surface area contributed by atoms with Crippen molar-refractivity contribution in [3.8, 4) is 5.75 Å². The van der Waals surface area contributed by atoms with Gasteiger partial charge < -0.3 is 4.74 Å². The molecule has 0 fully saturated rings. The molecule has 0 amide bonds. The molecule has 2 N–H and O–H groups in total. The molecule has 1 aromatic carbocycles. The van der Waals surface area contributed by atoms with Gasteiger partial charge >= 0.3 is 0 Å². The van der Waals surface area contributed by atoms with Crippen LogP contribution in [-0.4, -0.2) is 25.7 Å². The van der Waals surface area contributed by atoms with E-state index in [1.165, 1.54) is 31.6 Å². The molecule has 0 radical (unpaired) electrons. The number of nitrogens with zero attached hydrogens (tertiary/aromatic N) is 1. The van der Waals surface area contributed by atoms with Gasteiger partial charge in [-0.3, -0.25) is 5.10 Å². The summed E-state index contributed by atoms with van der Waals surface area (Å²) in [5, 5.41) is 6.01. The number of benzene rings is 1. The lowest BCUT2D eigenvalue weighted by molar-refractivity contribution is 0.386. The number of hydrogen-bond acceptors (Lipinski definition) is 4. The van der Waals surface area contributed by atoms with Gasteiger partial charge in [0.15, 0.2) is 11.6 Å². The van der Waals surface area contributed by atoms with Crippen molar-refractivity contribution in [2.24, 2.45) is 0 Å². The largest absolute Gasteiger partial charge is 0.494 e. The quantitative estimate of drug-likeness (QED) is 0.878. The van der Waals surface area contributed by atoms with Gasteiger partial charge in [0.2, 0.25) is 10.0 Å². The van der Waals surface area contributed by atoms with Crippen molar-refractivity contribution < 1.29 is 17.5 Å². The van der Waals surface area contributed by atoms with Gasteiger partial charge in [-0.25, -0.2) is 17.5 Å². The maximum Gasteiger partial charge on any atom is 0.244 e. The lowest BCUT2D eigenvalue weighted by atomic mass is 10.1. The molecule has 1 heterocycles. The Bertz CT molecular complexity index is 686. The van der Waals surface area contributed by atoms with Gasteiger partial charge in [0.1, 0.15) is 4.90 Å². The van der Waals surface area contributed by atoms with E-state index in [0.717, 1.165) is 0 Å². The van der Waals surface area contributed by atoms with Crippen LogP contribution in [0.4, 0.5) is 4.39 Å². The predicted octanol–water partition coefficient (Wildman–Crippen LogP) is 1.60. The summed E-state index contributed by atoms with van der Waals surface area (Å²) in [5.74, 6) is -0.432. The van der Waals surface area contributed by atoms with Crippen LogP contribution in [-0.2, 0) is 10.0 Å². The van der Waals surface area contributed by atoms with Crippen molar-refractivity contribution in [2.75, 3.05) is 7.11 Å². The summed E-state index contributed by atoms with van der Waals surface area (Å²) >= 11 is 0. The molecule has 6 nitrogen and oxygen atoms in total. The van der Waals surface area contributed by atoms with Gasteiger partial charge in [0.05, 0.1) is 13.3 Å². The minimum atomic E-state index is -3.69. The highest BCUT2D eigenvalue weighted by molar-refractivity contribution is 7.89. The Kier molecular flexibility index (Phi) is 4.05. The van der Waals surface area contributed by atoms with Gasteiger partial charge in [0, 0.05) is 12.2 Å². The number of sulfonamides is 1. The zero-order chi connectivity index (χ0) is 14.8. The number of rotatable bonds is 5. The molecule has 1 aromatic heterocycles. The third-order valence-corrected chi connectivity index (χ3v) is 4.30. The third-order valence-electron chi connectivity index (χ3n) is 2.79. The first-order valence-corrected chi connectivity index (χ1v) is 7.27. The Morgan fingerprint density at radius 1 is 1.45 bits per heavy atom. The van der Waals surface area contributed by atoms with Crippen LogP contribution >= 0.6 is 0 Å². The maximum absolute atomic E-state index is 13.6. The van der Waals surface area contributed by atoms with Crippen LogP contribution in [0.15, 0.2) is 35.5 Å². The monoisotopic (exact) mass is 299 g/mol. The van der Waals surface area contributed by atoms with E-state index in [4.69, 9.17) is 4.74 Å². The molecule has 0 bridgehead atoms. The molecule has 0 aliphatic rings. The second kappa shape index (κ2) is 5.59. The van der Waals surface area contributed by atoms with Gasteiger partial charge in [-0.15, -0.1) is 0 Å². The van der Waals surface area contributed by atoms with E-state index in [1.807, 2.05) is 0 Å². The van der Waals surface area contributed by atoms with Gasteiger partial charge in [-0.2, -0.15) is 5.10 Å². The van der Waals surface area contributed by atoms with E-state index in [0.29, 0.717) is 5.56 Å². The Hall–Kier alpha value is -1.93. The van der Waals surface area contributed by atoms with Crippen LogP contribution in [0.2, 0.25) is 0 Å². The standard InChI is InChI=1S/C12H14FN3O3S/c1-8(9-3-4-12(19-2)11(13)5-9)16-20(17,18)10-6-14-15-7-10/h3-8,16H,1-2H3,(H,14,15). The summed E-state index contributed by atoms with van der Waals surface area (Å²) in [6, 6.07) is 3.70. The molecule has 1 unspecified atom stereocenters. The normalized spacial score (nSPS) is 13.2. The maximum atomic E-state index is 13.6. The fraction of sp³-hybridized carbons (Fsp3) is 0.250. The van der Waals surface area contributed by atoms with Crippen molar-refractivity contribution in [1.82, 2.24) is 14.9 Å². The van der Waals surface area contributed by atoms with Crippen LogP contribution in [0.3, 0.4) is 0 Å². The van der Waals surface area contributed by atoms with Crippen molar-refractivity contribution in [3.63, 3.8) is 0 Å². The summed E-state index contributed by atoms with van der Waals surface area (Å²) < 4.78 is 44.8. The highest BCUT2D eigenvalue weighted by Gasteiger charge is 2.20. The second-order valence-electron chi connectivity index (χ2n) is 4.17. The summed E-state index contributed by atoms with van der Waals surface area (Å²) in [4.78, 5) is 0.0262. The first kappa shape index (κ1) is 14.5. The van der Waals surface area contributed by atoms with Crippen LogP contribution in [0.25, 0.3) is 0 Å². The molecule has 108 valence electrons. The van der Waals surface area contributed by atoms with Crippen LogP contribution in [0.1, 0.15) is 18.5 Å². The van der Waals surface area contributed by atoms with E-state index in [-0.39, 0.29) is 10.6 Å². The summed E-state index contributed by atoms with van der Waals surface area (Å²) in [5.41, 5.74) is 0.496. The highest BCUT2D eigenvalue weighted by Crippen LogP contribution is 2.22. The number of halogens is 1. The van der Waals surface area contributed by atoms with E-state index in [1.54, 1.807) is 13.0 Å². The smallest absolute Gasteiger partial charge is 0.244 e. The van der Waals surface area contributed by atoms with Crippen molar-refractivity contribution in [2.45, 2.75) is 17.9 Å². The molecule has 1 atom stereocenters. The van der Waals surface area contributed by atoms with Crippen LogP contribution < -0.4 is 9.46 Å². The Balaban J connectivity index is 2.20. The number of nitrogens with one attached hydrogen (secondary N) is 2. The lowest BCUT2D eigenvalue weighted by Gasteiger charge is -2.14. The van der Waals surface area contributed by atoms with Gasteiger partial charge in [-0.1, -0.05) is 6.07 Å². The van der Waals surface area contributed by atoms with Crippen LogP contribution in [0, 0.1) is 5.82 Å². The second-order valence-corrected chi connectivity index (χ2v) is 5.88. The fourth-order valence-electron chi connectivity index (χ4n) is 1.71. The molecule has 8 heteroatoms. The first-order chi connectivity index (χ1) is 9.44. The van der Waals surface area contributed by atoms with Crippen molar-refractivity contribution in [3.05, 3.63) is 42.0 Å². The average molecular weight is 299 g/mol. The van der Waals surface area contributed by atoms with Crippen LogP contribution in [0.5, 0.6) is 5.75 Å². The Morgan fingerprint density at radius 3 is 2.75 bits per heavy atom. The molecular weight excluding hydrogens is 285 g/mol. The first-order valence-electron chi connectivity index (χ1n) is 5.78. The summed E-state index contributed by atoms with van der Waals surface area (Å²) in [6.07, 6.45) is 2.47. The molecule has 0 spiro atoms. The Morgan fingerprint density at radius 2 is 2.20 bits per heavy atom. The van der Waals surface area contributed by atoms with E-state index < -0.39 is 21.9 Å². The molecule has 0 aliphatic carbocycles. The number of H-pyrrole nitrogens is 1. The number of aromatic amines is 1. The molecule has 0 saturated heterocycles. The molecule has 0 saturated carbocycles. The lowest BCUT2D eigenvalue weighted by Crippen LogP contribution is -2.26. The van der Waals surface area contributed by atoms with Gasteiger partial charge in [0.25, 0.3) is 0 Å². The predicted molar refractivity (Wildman–Crippen MR) is 70.3 cm³/mol. The molecule has 20 heavy (non-hydrogen) atoms. The minimum absolute atomic E-state index is 0.0262. The SMILES string of the molecule is COc1ccc(C(C)NS(=O)(=O)c2cn[nH]c2)cc1F. The highest BCUT2D eigenvalue weighted by atomic mass is 32.2. The van der Waals surface area contributed by atoms with Gasteiger partial charge in [-0.05, 0) is 24.6 Å². The van der Waals surface area contributed by atoms with E-state index in [2.05, 4.69) is 14.9 Å². The van der Waals surface area contributed by atoms with Crippen molar-refractivity contribution in [1.29, 1.82) is 0 Å². The molecule has 0 aliphatic heterocycles. The molecule has 2 aromatic rings.